The second kappa shape index (κ2) is 4.82. The second-order valence-corrected chi connectivity index (χ2v) is 4.34. The maximum Gasteiger partial charge on any atom is 0.0966 e. The summed E-state index contributed by atoms with van der Waals surface area (Å²) in [6.07, 6.45) is 0.106. The number of ether oxygens (including phenoxy) is 1. The van der Waals surface area contributed by atoms with Gasteiger partial charge in [-0.3, -0.25) is 5.84 Å². The van der Waals surface area contributed by atoms with Gasteiger partial charge in [0.15, 0.2) is 0 Å². The molecule has 1 aromatic rings. The summed E-state index contributed by atoms with van der Waals surface area (Å²) in [6, 6.07) is 8.43. The first kappa shape index (κ1) is 11.4. The number of nitrogens with zero attached hydrogens (tertiary/aromatic N) is 2. The summed E-state index contributed by atoms with van der Waals surface area (Å²) in [5.41, 5.74) is 2.39. The SMILES string of the molecule is CN(C)c1ccc(C2CN(N)CCO2)cc1. The summed E-state index contributed by atoms with van der Waals surface area (Å²) in [5.74, 6) is 5.79. The van der Waals surface area contributed by atoms with E-state index in [4.69, 9.17) is 10.6 Å². The average Bonchev–Trinajstić information content (AvgIpc) is 2.29. The van der Waals surface area contributed by atoms with Gasteiger partial charge in [0.25, 0.3) is 0 Å². The van der Waals surface area contributed by atoms with Gasteiger partial charge in [-0.05, 0) is 17.7 Å². The van der Waals surface area contributed by atoms with Crippen LogP contribution in [0.4, 0.5) is 5.69 Å². The van der Waals surface area contributed by atoms with E-state index in [-0.39, 0.29) is 6.10 Å². The van der Waals surface area contributed by atoms with Crippen LogP contribution >= 0.6 is 0 Å². The van der Waals surface area contributed by atoms with Gasteiger partial charge >= 0.3 is 0 Å². The zero-order chi connectivity index (χ0) is 11.5. The molecule has 0 amide bonds. The molecule has 0 saturated carbocycles. The van der Waals surface area contributed by atoms with Crippen LogP contribution in [0.1, 0.15) is 11.7 Å². The summed E-state index contributed by atoms with van der Waals surface area (Å²) in [5, 5.41) is 1.81. The second-order valence-electron chi connectivity index (χ2n) is 4.34. The van der Waals surface area contributed by atoms with Gasteiger partial charge in [0.1, 0.15) is 0 Å². The molecule has 1 atom stereocenters. The molecule has 2 N–H and O–H groups in total. The van der Waals surface area contributed by atoms with E-state index in [0.717, 1.165) is 13.1 Å². The Morgan fingerprint density at radius 2 is 2.00 bits per heavy atom. The molecule has 2 rings (SSSR count). The van der Waals surface area contributed by atoms with E-state index in [1.165, 1.54) is 11.3 Å². The number of benzene rings is 1. The largest absolute Gasteiger partial charge is 0.378 e. The van der Waals surface area contributed by atoms with Crippen LogP contribution in [0.25, 0.3) is 0 Å². The van der Waals surface area contributed by atoms with Gasteiger partial charge in [-0.25, -0.2) is 5.01 Å². The molecule has 1 saturated heterocycles. The lowest BCUT2D eigenvalue weighted by Crippen LogP contribution is -2.42. The van der Waals surface area contributed by atoms with Gasteiger partial charge in [-0.15, -0.1) is 0 Å². The molecule has 0 bridgehead atoms. The van der Waals surface area contributed by atoms with Crippen molar-refractivity contribution in [3.63, 3.8) is 0 Å². The van der Waals surface area contributed by atoms with Crippen LogP contribution in [0.15, 0.2) is 24.3 Å². The van der Waals surface area contributed by atoms with Crippen LogP contribution < -0.4 is 10.7 Å². The highest BCUT2D eigenvalue weighted by atomic mass is 16.5. The number of hydrazine groups is 1. The van der Waals surface area contributed by atoms with Gasteiger partial charge in [0, 0.05) is 32.9 Å². The van der Waals surface area contributed by atoms with Crippen molar-refractivity contribution in [2.75, 3.05) is 38.7 Å². The molecule has 0 aliphatic carbocycles. The summed E-state index contributed by atoms with van der Waals surface area (Å²) in [7, 11) is 4.07. The van der Waals surface area contributed by atoms with Crippen LogP contribution in [-0.4, -0.2) is 38.8 Å². The maximum atomic E-state index is 5.79. The standard InChI is InChI=1S/C12H19N3O/c1-14(2)11-5-3-10(4-6-11)12-9-15(13)7-8-16-12/h3-6,12H,7-9,13H2,1-2H3. The number of morpholine rings is 1. The Labute approximate surface area is 96.6 Å². The van der Waals surface area contributed by atoms with E-state index in [1.54, 1.807) is 0 Å². The highest BCUT2D eigenvalue weighted by molar-refractivity contribution is 5.46. The summed E-state index contributed by atoms with van der Waals surface area (Å²) >= 11 is 0. The molecule has 1 aromatic carbocycles. The molecule has 0 radical (unpaired) electrons. The Bertz CT molecular complexity index is 337. The van der Waals surface area contributed by atoms with Gasteiger partial charge in [0.05, 0.1) is 12.7 Å². The zero-order valence-electron chi connectivity index (χ0n) is 9.89. The van der Waals surface area contributed by atoms with Gasteiger partial charge in [-0.1, -0.05) is 12.1 Å². The van der Waals surface area contributed by atoms with Crippen LogP contribution in [0.2, 0.25) is 0 Å². The van der Waals surface area contributed by atoms with E-state index in [9.17, 15) is 0 Å². The lowest BCUT2D eigenvalue weighted by atomic mass is 10.1. The molecular formula is C12H19N3O. The molecule has 1 fully saturated rings. The molecular weight excluding hydrogens is 202 g/mol. The lowest BCUT2D eigenvalue weighted by Gasteiger charge is -2.30. The van der Waals surface area contributed by atoms with Crippen molar-refractivity contribution in [3.05, 3.63) is 29.8 Å². The van der Waals surface area contributed by atoms with Crippen molar-refractivity contribution in [3.8, 4) is 0 Å². The summed E-state index contributed by atoms with van der Waals surface area (Å²) < 4.78 is 5.70. The highest BCUT2D eigenvalue weighted by Crippen LogP contribution is 2.23. The van der Waals surface area contributed by atoms with Crippen molar-refractivity contribution >= 4 is 5.69 Å². The minimum atomic E-state index is 0.106. The summed E-state index contributed by atoms with van der Waals surface area (Å²) in [6.45, 7) is 2.28. The molecule has 0 spiro atoms. The molecule has 16 heavy (non-hydrogen) atoms. The molecule has 1 unspecified atom stereocenters. The van der Waals surface area contributed by atoms with Crippen LogP contribution in [0.3, 0.4) is 0 Å². The van der Waals surface area contributed by atoms with Gasteiger partial charge in [0.2, 0.25) is 0 Å². The van der Waals surface area contributed by atoms with Crippen LogP contribution in [0, 0.1) is 0 Å². The fourth-order valence-corrected chi connectivity index (χ4v) is 1.86. The van der Waals surface area contributed by atoms with Gasteiger partial charge in [-0.2, -0.15) is 0 Å². The minimum absolute atomic E-state index is 0.106. The predicted molar refractivity (Wildman–Crippen MR) is 65.2 cm³/mol. The third-order valence-corrected chi connectivity index (χ3v) is 2.88. The van der Waals surface area contributed by atoms with Crippen molar-refractivity contribution < 1.29 is 4.74 Å². The monoisotopic (exact) mass is 221 g/mol. The van der Waals surface area contributed by atoms with Crippen LogP contribution in [-0.2, 0) is 4.74 Å². The quantitative estimate of drug-likeness (QED) is 0.757. The topological polar surface area (TPSA) is 41.7 Å². The third-order valence-electron chi connectivity index (χ3n) is 2.88. The number of hydrogen-bond acceptors (Lipinski definition) is 4. The number of hydrogen-bond donors (Lipinski definition) is 1. The zero-order valence-corrected chi connectivity index (χ0v) is 9.89. The normalized spacial score (nSPS) is 22.1. The van der Waals surface area contributed by atoms with E-state index in [2.05, 4.69) is 29.2 Å². The molecule has 1 heterocycles. The Kier molecular flexibility index (Phi) is 3.43. The number of rotatable bonds is 2. The Hall–Kier alpha value is -1.10. The first-order chi connectivity index (χ1) is 7.66. The minimum Gasteiger partial charge on any atom is -0.378 e. The molecule has 4 nitrogen and oxygen atoms in total. The Morgan fingerprint density at radius 3 is 2.56 bits per heavy atom. The van der Waals surface area contributed by atoms with E-state index in [1.807, 2.05) is 19.1 Å². The first-order valence-corrected chi connectivity index (χ1v) is 5.55. The van der Waals surface area contributed by atoms with Crippen molar-refractivity contribution in [2.45, 2.75) is 6.10 Å². The number of anilines is 1. The maximum absolute atomic E-state index is 5.79. The van der Waals surface area contributed by atoms with E-state index < -0.39 is 0 Å². The molecule has 1 aliphatic heterocycles. The van der Waals surface area contributed by atoms with E-state index in [0.29, 0.717) is 6.61 Å². The lowest BCUT2D eigenvalue weighted by molar-refractivity contribution is -0.0304. The molecule has 4 heteroatoms. The Morgan fingerprint density at radius 1 is 1.31 bits per heavy atom. The predicted octanol–water partition coefficient (Wildman–Crippen LogP) is 1.000. The molecule has 0 aromatic heterocycles. The van der Waals surface area contributed by atoms with Gasteiger partial charge < -0.3 is 9.64 Å². The van der Waals surface area contributed by atoms with Crippen molar-refractivity contribution in [2.24, 2.45) is 5.84 Å². The smallest absolute Gasteiger partial charge is 0.0966 e. The first-order valence-electron chi connectivity index (χ1n) is 5.55. The molecule has 1 aliphatic rings. The van der Waals surface area contributed by atoms with E-state index >= 15 is 0 Å². The van der Waals surface area contributed by atoms with Crippen molar-refractivity contribution in [1.29, 1.82) is 0 Å². The fraction of sp³-hybridized carbons (Fsp3) is 0.500. The van der Waals surface area contributed by atoms with Crippen LogP contribution in [0.5, 0.6) is 0 Å². The summed E-state index contributed by atoms with van der Waals surface area (Å²) in [4.78, 5) is 2.08. The number of nitrogens with two attached hydrogens (primary N) is 1. The average molecular weight is 221 g/mol. The fourth-order valence-electron chi connectivity index (χ4n) is 1.86. The highest BCUT2D eigenvalue weighted by Gasteiger charge is 2.19. The van der Waals surface area contributed by atoms with Crippen molar-refractivity contribution in [1.82, 2.24) is 5.01 Å². The third kappa shape index (κ3) is 2.52. The molecule has 88 valence electrons. The Balaban J connectivity index is 2.09.